The number of likely N-dealkylation sites (N-methyl/N-ethyl adjacent to an activating group) is 1. The number of hydrogen-bond acceptors (Lipinski definition) is 3. The third-order valence-corrected chi connectivity index (χ3v) is 5.09. The highest BCUT2D eigenvalue weighted by Gasteiger charge is 2.30. The number of amides is 1. The molecule has 1 amide bonds. The van der Waals surface area contributed by atoms with Crippen molar-refractivity contribution < 1.29 is 18.0 Å². The van der Waals surface area contributed by atoms with Gasteiger partial charge in [-0.05, 0) is 36.9 Å². The Morgan fingerprint density at radius 2 is 1.61 bits per heavy atom. The number of carbonyl (C=O) groups is 1. The van der Waals surface area contributed by atoms with Gasteiger partial charge in [-0.1, -0.05) is 30.3 Å². The van der Waals surface area contributed by atoms with Crippen molar-refractivity contribution in [3.63, 3.8) is 0 Å². The van der Waals surface area contributed by atoms with Crippen LogP contribution in [-0.4, -0.2) is 55.5 Å². The molecule has 0 radical (unpaired) electrons. The standard InChI is InChI=1S/C21H24F3N3O/c1-26-11-13-27(14-12-26)19(16-5-3-2-4-6-16)15-25-20(28)17-7-9-18(10-8-17)21(22,23)24/h2-10,19H,11-15H2,1H3,(H,25,28)/t19-/m0/s1. The van der Waals surface area contributed by atoms with E-state index in [2.05, 4.69) is 22.2 Å². The van der Waals surface area contributed by atoms with Crippen molar-refractivity contribution in [3.05, 3.63) is 71.3 Å². The molecule has 4 nitrogen and oxygen atoms in total. The lowest BCUT2D eigenvalue weighted by Gasteiger charge is -2.38. The molecule has 0 bridgehead atoms. The van der Waals surface area contributed by atoms with Gasteiger partial charge in [0.25, 0.3) is 5.91 Å². The third kappa shape index (κ3) is 5.11. The summed E-state index contributed by atoms with van der Waals surface area (Å²) in [6.07, 6.45) is -4.41. The zero-order valence-corrected chi connectivity index (χ0v) is 15.7. The van der Waals surface area contributed by atoms with Crippen LogP contribution in [-0.2, 0) is 6.18 Å². The zero-order chi connectivity index (χ0) is 20.1. The summed E-state index contributed by atoms with van der Waals surface area (Å²) >= 11 is 0. The second kappa shape index (κ2) is 8.75. The van der Waals surface area contributed by atoms with Crippen LogP contribution in [0.5, 0.6) is 0 Å². The number of hydrogen-bond donors (Lipinski definition) is 1. The number of benzene rings is 2. The molecular formula is C21H24F3N3O. The Bertz CT molecular complexity index is 770. The minimum absolute atomic E-state index is 0.0216. The van der Waals surface area contributed by atoms with E-state index in [0.29, 0.717) is 6.54 Å². The fourth-order valence-electron chi connectivity index (χ4n) is 3.37. The van der Waals surface area contributed by atoms with Gasteiger partial charge in [0.15, 0.2) is 0 Å². The van der Waals surface area contributed by atoms with Gasteiger partial charge in [-0.15, -0.1) is 0 Å². The molecule has 28 heavy (non-hydrogen) atoms. The van der Waals surface area contributed by atoms with Crippen molar-refractivity contribution in [2.24, 2.45) is 0 Å². The maximum absolute atomic E-state index is 12.7. The number of alkyl halides is 3. The molecule has 0 aromatic heterocycles. The Morgan fingerprint density at radius 3 is 2.18 bits per heavy atom. The van der Waals surface area contributed by atoms with Crippen molar-refractivity contribution in [1.29, 1.82) is 0 Å². The number of piperazine rings is 1. The van der Waals surface area contributed by atoms with Gasteiger partial charge in [0.2, 0.25) is 0 Å². The lowest BCUT2D eigenvalue weighted by atomic mass is 10.0. The predicted octanol–water partition coefficient (Wildman–Crippen LogP) is 3.42. The van der Waals surface area contributed by atoms with Gasteiger partial charge in [-0.2, -0.15) is 13.2 Å². The zero-order valence-electron chi connectivity index (χ0n) is 15.7. The summed E-state index contributed by atoms with van der Waals surface area (Å²) in [5.41, 5.74) is 0.571. The molecule has 3 rings (SSSR count). The van der Waals surface area contributed by atoms with E-state index in [0.717, 1.165) is 43.9 Å². The molecule has 7 heteroatoms. The van der Waals surface area contributed by atoms with Gasteiger partial charge >= 0.3 is 6.18 Å². The molecule has 1 heterocycles. The van der Waals surface area contributed by atoms with Crippen molar-refractivity contribution >= 4 is 5.91 Å². The second-order valence-electron chi connectivity index (χ2n) is 7.05. The molecule has 2 aromatic carbocycles. The molecule has 0 spiro atoms. The van der Waals surface area contributed by atoms with Gasteiger partial charge in [0, 0.05) is 38.3 Å². The highest BCUT2D eigenvalue weighted by Crippen LogP contribution is 2.29. The number of carbonyl (C=O) groups excluding carboxylic acids is 1. The van der Waals surface area contributed by atoms with Crippen LogP contribution in [0.3, 0.4) is 0 Å². The third-order valence-electron chi connectivity index (χ3n) is 5.09. The summed E-state index contributed by atoms with van der Waals surface area (Å²) in [4.78, 5) is 17.1. The summed E-state index contributed by atoms with van der Waals surface area (Å²) in [6.45, 7) is 4.10. The minimum Gasteiger partial charge on any atom is -0.350 e. The van der Waals surface area contributed by atoms with Gasteiger partial charge in [0.05, 0.1) is 11.6 Å². The minimum atomic E-state index is -4.41. The molecule has 150 valence electrons. The molecule has 0 saturated carbocycles. The monoisotopic (exact) mass is 391 g/mol. The van der Waals surface area contributed by atoms with Crippen LogP contribution in [0.4, 0.5) is 13.2 Å². The predicted molar refractivity (Wildman–Crippen MR) is 102 cm³/mol. The first-order valence-corrected chi connectivity index (χ1v) is 9.27. The van der Waals surface area contributed by atoms with Gasteiger partial charge in [0.1, 0.15) is 0 Å². The van der Waals surface area contributed by atoms with Crippen LogP contribution in [0.15, 0.2) is 54.6 Å². The first-order valence-electron chi connectivity index (χ1n) is 9.27. The van der Waals surface area contributed by atoms with Crippen molar-refractivity contribution in [1.82, 2.24) is 15.1 Å². The van der Waals surface area contributed by atoms with E-state index in [-0.39, 0.29) is 17.5 Å². The maximum atomic E-state index is 12.7. The quantitative estimate of drug-likeness (QED) is 0.848. The number of rotatable bonds is 5. The summed E-state index contributed by atoms with van der Waals surface area (Å²) in [5, 5.41) is 2.89. The van der Waals surface area contributed by atoms with Crippen molar-refractivity contribution in [3.8, 4) is 0 Å². The summed E-state index contributed by atoms with van der Waals surface area (Å²) in [6, 6.07) is 14.3. The molecule has 1 fully saturated rings. The van der Waals surface area contributed by atoms with Crippen molar-refractivity contribution in [2.75, 3.05) is 39.8 Å². The highest BCUT2D eigenvalue weighted by atomic mass is 19.4. The number of nitrogens with zero attached hydrogens (tertiary/aromatic N) is 2. The maximum Gasteiger partial charge on any atom is 0.416 e. The fourth-order valence-corrected chi connectivity index (χ4v) is 3.37. The van der Waals surface area contributed by atoms with E-state index < -0.39 is 11.7 Å². The van der Waals surface area contributed by atoms with Gasteiger partial charge in [-0.25, -0.2) is 0 Å². The lowest BCUT2D eigenvalue weighted by Crippen LogP contribution is -2.48. The van der Waals surface area contributed by atoms with E-state index in [4.69, 9.17) is 0 Å². The van der Waals surface area contributed by atoms with Gasteiger partial charge < -0.3 is 10.2 Å². The Balaban J connectivity index is 1.68. The lowest BCUT2D eigenvalue weighted by molar-refractivity contribution is -0.137. The summed E-state index contributed by atoms with van der Waals surface area (Å²) in [5.74, 6) is -0.371. The molecule has 1 saturated heterocycles. The molecule has 1 atom stereocenters. The largest absolute Gasteiger partial charge is 0.416 e. The van der Waals surface area contributed by atoms with Crippen molar-refractivity contribution in [2.45, 2.75) is 12.2 Å². The highest BCUT2D eigenvalue weighted by molar-refractivity contribution is 5.94. The average molecular weight is 391 g/mol. The van der Waals surface area contributed by atoms with Crippen LogP contribution in [0.2, 0.25) is 0 Å². The van der Waals surface area contributed by atoms with Crippen LogP contribution in [0.25, 0.3) is 0 Å². The molecule has 1 aliphatic heterocycles. The Labute approximate surface area is 162 Å². The molecular weight excluding hydrogens is 367 g/mol. The summed E-state index contributed by atoms with van der Waals surface area (Å²) in [7, 11) is 2.08. The normalized spacial score (nSPS) is 17.3. The molecule has 2 aromatic rings. The van der Waals surface area contributed by atoms with Gasteiger partial charge in [-0.3, -0.25) is 9.69 Å². The molecule has 1 aliphatic rings. The van der Waals surface area contributed by atoms with Crippen LogP contribution in [0.1, 0.15) is 27.5 Å². The topological polar surface area (TPSA) is 35.6 Å². The second-order valence-corrected chi connectivity index (χ2v) is 7.05. The molecule has 1 N–H and O–H groups in total. The van der Waals surface area contributed by atoms with E-state index >= 15 is 0 Å². The number of halogens is 3. The van der Waals surface area contributed by atoms with Crippen LogP contribution < -0.4 is 5.32 Å². The fraction of sp³-hybridized carbons (Fsp3) is 0.381. The van der Waals surface area contributed by atoms with Crippen LogP contribution in [0, 0.1) is 0 Å². The van der Waals surface area contributed by atoms with E-state index in [1.807, 2.05) is 30.3 Å². The molecule has 0 unspecified atom stereocenters. The Kier molecular flexibility index (Phi) is 6.36. The van der Waals surface area contributed by atoms with E-state index in [1.54, 1.807) is 0 Å². The Morgan fingerprint density at radius 1 is 1.00 bits per heavy atom. The van der Waals surface area contributed by atoms with E-state index in [1.165, 1.54) is 12.1 Å². The first-order chi connectivity index (χ1) is 13.3. The van der Waals surface area contributed by atoms with E-state index in [9.17, 15) is 18.0 Å². The SMILES string of the molecule is CN1CCN([C@@H](CNC(=O)c2ccc(C(F)(F)F)cc2)c2ccccc2)CC1. The average Bonchev–Trinajstić information content (AvgIpc) is 2.69. The van der Waals surface area contributed by atoms with Crippen LogP contribution >= 0.6 is 0 Å². The number of nitrogens with one attached hydrogen (secondary N) is 1. The summed E-state index contributed by atoms with van der Waals surface area (Å²) < 4.78 is 38.1. The molecule has 0 aliphatic carbocycles. The Hall–Kier alpha value is -2.38. The smallest absolute Gasteiger partial charge is 0.350 e. The first kappa shape index (κ1) is 20.4.